The van der Waals surface area contributed by atoms with Crippen molar-refractivity contribution in [2.45, 2.75) is 12.5 Å². The zero-order chi connectivity index (χ0) is 14.2. The van der Waals surface area contributed by atoms with E-state index in [9.17, 15) is 5.11 Å². The fourth-order valence-electron chi connectivity index (χ4n) is 1.72. The molecule has 3 nitrogen and oxygen atoms in total. The van der Waals surface area contributed by atoms with Crippen molar-refractivity contribution in [3.8, 4) is 5.75 Å². The number of thiophene rings is 1. The highest BCUT2D eigenvalue weighted by Crippen LogP contribution is 2.15. The van der Waals surface area contributed by atoms with E-state index in [1.165, 1.54) is 5.56 Å². The standard InChI is InChI=1S/C15H18ClNO2S/c16-13-1-3-15(4-2-13)19-10-14(18)9-17-7-5-12-6-8-20-11-12/h1-4,6,8,11,14,17-18H,5,7,9-10H2. The largest absolute Gasteiger partial charge is 0.491 e. The topological polar surface area (TPSA) is 41.5 Å². The molecule has 1 heterocycles. The number of aliphatic hydroxyl groups excluding tert-OH is 1. The molecule has 108 valence electrons. The van der Waals surface area contributed by atoms with Crippen molar-refractivity contribution in [3.05, 3.63) is 51.7 Å². The molecule has 20 heavy (non-hydrogen) atoms. The Labute approximate surface area is 128 Å². The summed E-state index contributed by atoms with van der Waals surface area (Å²) in [7, 11) is 0. The molecule has 0 fully saturated rings. The van der Waals surface area contributed by atoms with Crippen LogP contribution in [0.4, 0.5) is 0 Å². The molecule has 0 radical (unpaired) electrons. The molecule has 0 amide bonds. The van der Waals surface area contributed by atoms with E-state index in [-0.39, 0.29) is 6.61 Å². The van der Waals surface area contributed by atoms with Crippen LogP contribution in [0.5, 0.6) is 5.75 Å². The van der Waals surface area contributed by atoms with Gasteiger partial charge in [0, 0.05) is 11.6 Å². The van der Waals surface area contributed by atoms with Crippen LogP contribution in [-0.4, -0.2) is 30.9 Å². The summed E-state index contributed by atoms with van der Waals surface area (Å²) < 4.78 is 5.48. The maximum absolute atomic E-state index is 9.81. The van der Waals surface area contributed by atoms with Crippen molar-refractivity contribution in [2.75, 3.05) is 19.7 Å². The normalized spacial score (nSPS) is 12.3. The summed E-state index contributed by atoms with van der Waals surface area (Å²) in [5.74, 6) is 0.715. The highest BCUT2D eigenvalue weighted by atomic mass is 35.5. The fourth-order valence-corrected chi connectivity index (χ4v) is 2.55. The number of hydrogen-bond acceptors (Lipinski definition) is 4. The zero-order valence-corrected chi connectivity index (χ0v) is 12.7. The van der Waals surface area contributed by atoms with Crippen molar-refractivity contribution >= 4 is 22.9 Å². The van der Waals surface area contributed by atoms with Crippen LogP contribution < -0.4 is 10.1 Å². The summed E-state index contributed by atoms with van der Waals surface area (Å²) in [5, 5.41) is 17.9. The summed E-state index contributed by atoms with van der Waals surface area (Å²) in [6.45, 7) is 1.65. The first-order valence-corrected chi connectivity index (χ1v) is 7.84. The summed E-state index contributed by atoms with van der Waals surface area (Å²) in [5.41, 5.74) is 1.33. The highest BCUT2D eigenvalue weighted by Gasteiger charge is 2.05. The lowest BCUT2D eigenvalue weighted by Crippen LogP contribution is -2.32. The van der Waals surface area contributed by atoms with E-state index in [0.717, 1.165) is 13.0 Å². The molecular formula is C15H18ClNO2S. The van der Waals surface area contributed by atoms with Gasteiger partial charge in [0.1, 0.15) is 18.5 Å². The highest BCUT2D eigenvalue weighted by molar-refractivity contribution is 7.07. The van der Waals surface area contributed by atoms with Gasteiger partial charge in [-0.2, -0.15) is 11.3 Å². The third kappa shape index (κ3) is 5.51. The van der Waals surface area contributed by atoms with Crippen molar-refractivity contribution in [3.63, 3.8) is 0 Å². The van der Waals surface area contributed by atoms with Crippen LogP contribution in [0.25, 0.3) is 0 Å². The Kier molecular flexibility index (Phi) is 6.33. The Morgan fingerprint density at radius 1 is 1.25 bits per heavy atom. The lowest BCUT2D eigenvalue weighted by atomic mass is 10.2. The molecule has 1 atom stereocenters. The van der Waals surface area contributed by atoms with Gasteiger partial charge in [-0.05, 0) is 59.6 Å². The van der Waals surface area contributed by atoms with Gasteiger partial charge >= 0.3 is 0 Å². The van der Waals surface area contributed by atoms with Gasteiger partial charge in [0.15, 0.2) is 0 Å². The first-order valence-electron chi connectivity index (χ1n) is 6.52. The van der Waals surface area contributed by atoms with Crippen molar-refractivity contribution in [2.24, 2.45) is 0 Å². The summed E-state index contributed by atoms with van der Waals surface area (Å²) in [6.07, 6.45) is 0.460. The second-order valence-electron chi connectivity index (χ2n) is 4.50. The SMILES string of the molecule is OC(CNCCc1ccsc1)COc1ccc(Cl)cc1. The lowest BCUT2D eigenvalue weighted by molar-refractivity contribution is 0.106. The maximum atomic E-state index is 9.81. The van der Waals surface area contributed by atoms with Gasteiger partial charge in [-0.25, -0.2) is 0 Å². The van der Waals surface area contributed by atoms with Crippen LogP contribution in [0.2, 0.25) is 5.02 Å². The van der Waals surface area contributed by atoms with Gasteiger partial charge < -0.3 is 15.2 Å². The molecule has 2 aromatic rings. The van der Waals surface area contributed by atoms with Gasteiger partial charge in [-0.15, -0.1) is 0 Å². The lowest BCUT2D eigenvalue weighted by Gasteiger charge is -2.13. The molecule has 0 spiro atoms. The second kappa shape index (κ2) is 8.27. The second-order valence-corrected chi connectivity index (χ2v) is 5.72. The number of hydrogen-bond donors (Lipinski definition) is 2. The van der Waals surface area contributed by atoms with E-state index in [2.05, 4.69) is 22.1 Å². The molecule has 0 saturated heterocycles. The molecule has 5 heteroatoms. The Hall–Kier alpha value is -1.07. The van der Waals surface area contributed by atoms with Crippen LogP contribution in [0.3, 0.4) is 0 Å². The minimum absolute atomic E-state index is 0.271. The molecule has 0 saturated carbocycles. The molecule has 0 aliphatic heterocycles. The average molecular weight is 312 g/mol. The van der Waals surface area contributed by atoms with Crippen LogP contribution in [0, 0.1) is 0 Å². The Morgan fingerprint density at radius 2 is 2.05 bits per heavy atom. The minimum atomic E-state index is -0.520. The molecule has 2 rings (SSSR count). The van der Waals surface area contributed by atoms with E-state index in [1.54, 1.807) is 35.6 Å². The predicted molar refractivity (Wildman–Crippen MR) is 83.8 cm³/mol. The van der Waals surface area contributed by atoms with Crippen LogP contribution in [0.1, 0.15) is 5.56 Å². The van der Waals surface area contributed by atoms with E-state index < -0.39 is 6.10 Å². The summed E-state index contributed by atoms with van der Waals surface area (Å²) in [4.78, 5) is 0. The van der Waals surface area contributed by atoms with Crippen LogP contribution in [-0.2, 0) is 6.42 Å². The van der Waals surface area contributed by atoms with Gasteiger partial charge in [0.05, 0.1) is 0 Å². The number of halogens is 1. The number of aliphatic hydroxyl groups is 1. The Bertz CT molecular complexity index is 487. The quantitative estimate of drug-likeness (QED) is 0.737. The molecule has 0 aliphatic carbocycles. The number of rotatable bonds is 8. The zero-order valence-electron chi connectivity index (χ0n) is 11.1. The molecular weight excluding hydrogens is 294 g/mol. The molecule has 2 N–H and O–H groups in total. The molecule has 1 aromatic carbocycles. The molecule has 1 aromatic heterocycles. The summed E-state index contributed by atoms with van der Waals surface area (Å²) >= 11 is 7.49. The third-order valence-corrected chi connectivity index (χ3v) is 3.79. The number of nitrogens with one attached hydrogen (secondary N) is 1. The number of benzene rings is 1. The van der Waals surface area contributed by atoms with Gasteiger partial charge in [-0.1, -0.05) is 11.6 Å². The van der Waals surface area contributed by atoms with E-state index in [4.69, 9.17) is 16.3 Å². The number of ether oxygens (including phenoxy) is 1. The van der Waals surface area contributed by atoms with Crippen LogP contribution in [0.15, 0.2) is 41.1 Å². The smallest absolute Gasteiger partial charge is 0.119 e. The maximum Gasteiger partial charge on any atom is 0.119 e. The fraction of sp³-hybridized carbons (Fsp3) is 0.333. The van der Waals surface area contributed by atoms with E-state index in [0.29, 0.717) is 17.3 Å². The Morgan fingerprint density at radius 3 is 2.75 bits per heavy atom. The summed E-state index contributed by atoms with van der Waals surface area (Å²) in [6, 6.07) is 9.23. The van der Waals surface area contributed by atoms with E-state index in [1.807, 2.05) is 0 Å². The first kappa shape index (κ1) is 15.3. The van der Waals surface area contributed by atoms with Gasteiger partial charge in [0.2, 0.25) is 0 Å². The predicted octanol–water partition coefficient (Wildman–Crippen LogP) is 2.97. The monoisotopic (exact) mass is 311 g/mol. The molecule has 0 bridgehead atoms. The Balaban J connectivity index is 1.58. The van der Waals surface area contributed by atoms with Gasteiger partial charge in [-0.3, -0.25) is 0 Å². The third-order valence-electron chi connectivity index (χ3n) is 2.81. The minimum Gasteiger partial charge on any atom is -0.491 e. The average Bonchev–Trinajstić information content (AvgIpc) is 2.96. The van der Waals surface area contributed by atoms with Gasteiger partial charge in [0.25, 0.3) is 0 Å². The van der Waals surface area contributed by atoms with Crippen LogP contribution >= 0.6 is 22.9 Å². The van der Waals surface area contributed by atoms with Crippen molar-refractivity contribution in [1.29, 1.82) is 0 Å². The molecule has 0 aliphatic rings. The van der Waals surface area contributed by atoms with Crippen molar-refractivity contribution < 1.29 is 9.84 Å². The molecule has 1 unspecified atom stereocenters. The first-order chi connectivity index (χ1) is 9.74. The van der Waals surface area contributed by atoms with Crippen molar-refractivity contribution in [1.82, 2.24) is 5.32 Å². The van der Waals surface area contributed by atoms with E-state index >= 15 is 0 Å².